The number of aromatic nitrogens is 4. The molecule has 2 heterocycles. The molecule has 0 atom stereocenters. The van der Waals surface area contributed by atoms with Crippen molar-refractivity contribution >= 4 is 51.6 Å². The second kappa shape index (κ2) is 5.84. The van der Waals surface area contributed by atoms with Crippen molar-refractivity contribution in [2.24, 2.45) is 0 Å². The van der Waals surface area contributed by atoms with Crippen LogP contribution in [0.15, 0.2) is 9.72 Å². The minimum atomic E-state index is -0.936. The average molecular weight is 303 g/mol. The van der Waals surface area contributed by atoms with Crippen LogP contribution in [0.1, 0.15) is 10.5 Å². The summed E-state index contributed by atoms with van der Waals surface area (Å²) < 4.78 is 4.04. The molecule has 0 radical (unpaired) electrons. The van der Waals surface area contributed by atoms with Gasteiger partial charge >= 0.3 is 5.97 Å². The van der Waals surface area contributed by atoms with Gasteiger partial charge in [0.2, 0.25) is 5.13 Å². The first kappa shape index (κ1) is 12.9. The third-order valence-electron chi connectivity index (χ3n) is 1.54. The van der Waals surface area contributed by atoms with Crippen LogP contribution >= 0.6 is 34.6 Å². The van der Waals surface area contributed by atoms with Gasteiger partial charge in [0, 0.05) is 5.38 Å². The molecule has 0 spiro atoms. The van der Waals surface area contributed by atoms with Crippen LogP contribution in [0.3, 0.4) is 0 Å². The van der Waals surface area contributed by atoms with Crippen molar-refractivity contribution in [2.45, 2.75) is 4.34 Å². The third kappa shape index (κ3) is 3.45. The van der Waals surface area contributed by atoms with Gasteiger partial charge in [-0.2, -0.15) is 0 Å². The largest absolute Gasteiger partial charge is 0.481 e. The van der Waals surface area contributed by atoms with Crippen LogP contribution in [0.25, 0.3) is 0 Å². The molecule has 0 fully saturated rings. The van der Waals surface area contributed by atoms with Gasteiger partial charge in [0.15, 0.2) is 10.0 Å². The summed E-state index contributed by atoms with van der Waals surface area (Å²) >= 11 is 3.21. The molecule has 0 aliphatic carbocycles. The summed E-state index contributed by atoms with van der Waals surface area (Å²) in [5.74, 6) is -1.46. The molecule has 1 amide bonds. The van der Waals surface area contributed by atoms with Crippen molar-refractivity contribution in [3.8, 4) is 0 Å². The highest BCUT2D eigenvalue weighted by Crippen LogP contribution is 2.25. The Kier molecular flexibility index (Phi) is 4.17. The number of hydrogen-bond donors (Lipinski definition) is 2. The zero-order valence-corrected chi connectivity index (χ0v) is 11.0. The number of carboxylic acids is 1. The Labute approximate surface area is 113 Å². The lowest BCUT2D eigenvalue weighted by Gasteiger charge is -1.94. The highest BCUT2D eigenvalue weighted by Gasteiger charge is 2.13. The summed E-state index contributed by atoms with van der Waals surface area (Å²) in [4.78, 5) is 21.9. The monoisotopic (exact) mass is 303 g/mol. The molecule has 0 aliphatic rings. The lowest BCUT2D eigenvalue weighted by atomic mass is 10.5. The molecule has 11 heteroatoms. The Hall–Kier alpha value is -1.59. The average Bonchev–Trinajstić information content (AvgIpc) is 2.97. The lowest BCUT2D eigenvalue weighted by molar-refractivity contribution is -0.133. The maximum Gasteiger partial charge on any atom is 0.313 e. The summed E-state index contributed by atoms with van der Waals surface area (Å²) in [5.41, 5.74) is 0.204. The number of hydrogen-bond acceptors (Lipinski definition) is 9. The summed E-state index contributed by atoms with van der Waals surface area (Å²) in [7, 11) is 0. The van der Waals surface area contributed by atoms with E-state index in [-0.39, 0.29) is 11.4 Å². The summed E-state index contributed by atoms with van der Waals surface area (Å²) in [5, 5.41) is 23.9. The number of carbonyl (C=O) groups is 2. The van der Waals surface area contributed by atoms with Gasteiger partial charge in [-0.25, -0.2) is 0 Å². The van der Waals surface area contributed by atoms with Crippen LogP contribution in [-0.4, -0.2) is 42.5 Å². The minimum absolute atomic E-state index is 0.0986. The highest BCUT2D eigenvalue weighted by atomic mass is 32.2. The Morgan fingerprint density at radius 3 is 2.89 bits per heavy atom. The number of aliphatic carboxylic acids is 1. The number of anilines is 1. The van der Waals surface area contributed by atoms with Crippen molar-refractivity contribution in [3.63, 3.8) is 0 Å². The van der Waals surface area contributed by atoms with Crippen LogP contribution in [0, 0.1) is 0 Å². The van der Waals surface area contributed by atoms with Gasteiger partial charge < -0.3 is 5.11 Å². The molecular formula is C7H5N5O3S3. The van der Waals surface area contributed by atoms with Gasteiger partial charge in [-0.3, -0.25) is 14.9 Å². The Morgan fingerprint density at radius 2 is 2.22 bits per heavy atom. The normalized spacial score (nSPS) is 10.2. The number of carbonyl (C=O) groups excluding carboxylic acids is 1. The van der Waals surface area contributed by atoms with Gasteiger partial charge in [0.25, 0.3) is 5.91 Å². The molecule has 0 unspecified atom stereocenters. The van der Waals surface area contributed by atoms with Crippen LogP contribution in [0.4, 0.5) is 5.13 Å². The Bertz CT molecular complexity index is 554. The fraction of sp³-hybridized carbons (Fsp3) is 0.143. The van der Waals surface area contributed by atoms with E-state index in [1.54, 1.807) is 0 Å². The highest BCUT2D eigenvalue weighted by molar-refractivity contribution is 8.01. The molecule has 2 rings (SSSR count). The van der Waals surface area contributed by atoms with Crippen LogP contribution < -0.4 is 5.32 Å². The molecule has 2 aromatic rings. The van der Waals surface area contributed by atoms with E-state index < -0.39 is 11.9 Å². The smallest absolute Gasteiger partial charge is 0.313 e. The van der Waals surface area contributed by atoms with Gasteiger partial charge in [-0.05, 0) is 11.5 Å². The Morgan fingerprint density at radius 1 is 1.39 bits per heavy atom. The fourth-order valence-corrected chi connectivity index (χ4v) is 2.77. The first-order valence-electron chi connectivity index (χ1n) is 4.41. The number of nitrogens with one attached hydrogen (secondary N) is 1. The summed E-state index contributed by atoms with van der Waals surface area (Å²) in [6.07, 6.45) is 0. The molecule has 0 aliphatic heterocycles. The van der Waals surface area contributed by atoms with E-state index in [1.165, 1.54) is 5.38 Å². The molecule has 0 bridgehead atoms. The van der Waals surface area contributed by atoms with E-state index in [0.29, 0.717) is 9.47 Å². The molecule has 94 valence electrons. The fourth-order valence-electron chi connectivity index (χ4n) is 0.867. The zero-order chi connectivity index (χ0) is 13.0. The van der Waals surface area contributed by atoms with E-state index in [2.05, 4.69) is 25.1 Å². The van der Waals surface area contributed by atoms with E-state index in [1.807, 2.05) is 0 Å². The SMILES string of the molecule is O=C(O)CSc1nnc(NC(=O)c2csnn2)s1. The molecule has 0 saturated heterocycles. The van der Waals surface area contributed by atoms with E-state index in [4.69, 9.17) is 5.11 Å². The zero-order valence-electron chi connectivity index (χ0n) is 8.56. The molecule has 18 heavy (non-hydrogen) atoms. The van der Waals surface area contributed by atoms with Gasteiger partial charge in [-0.15, -0.1) is 15.3 Å². The molecule has 2 N–H and O–H groups in total. The molecule has 2 aromatic heterocycles. The predicted octanol–water partition coefficient (Wildman–Crippen LogP) is 0.819. The van der Waals surface area contributed by atoms with Gasteiger partial charge in [-0.1, -0.05) is 27.6 Å². The van der Waals surface area contributed by atoms with E-state index >= 15 is 0 Å². The van der Waals surface area contributed by atoms with Gasteiger partial charge in [0.1, 0.15) is 0 Å². The van der Waals surface area contributed by atoms with Crippen molar-refractivity contribution < 1.29 is 14.7 Å². The second-order valence-electron chi connectivity index (χ2n) is 2.80. The number of carboxylic acid groups (broad SMARTS) is 1. The first-order valence-corrected chi connectivity index (χ1v) is 7.05. The standard InChI is InChI=1S/C7H5N5O3S3/c13-4(14)2-16-7-11-10-6(18-7)8-5(15)3-1-17-12-9-3/h1H,2H2,(H,13,14)(H,8,10,15). The van der Waals surface area contributed by atoms with Crippen molar-refractivity contribution in [2.75, 3.05) is 11.1 Å². The van der Waals surface area contributed by atoms with Crippen molar-refractivity contribution in [3.05, 3.63) is 11.1 Å². The van der Waals surface area contributed by atoms with Crippen molar-refractivity contribution in [1.82, 2.24) is 19.8 Å². The van der Waals surface area contributed by atoms with E-state index in [0.717, 1.165) is 34.6 Å². The number of nitrogens with zero attached hydrogens (tertiary/aromatic N) is 4. The number of amides is 1. The number of thioether (sulfide) groups is 1. The topological polar surface area (TPSA) is 118 Å². The van der Waals surface area contributed by atoms with Crippen LogP contribution in [0.2, 0.25) is 0 Å². The molecule has 0 aromatic carbocycles. The maximum absolute atomic E-state index is 11.6. The second-order valence-corrected chi connectivity index (χ2v) is 5.61. The lowest BCUT2D eigenvalue weighted by Crippen LogP contribution is -2.12. The molecular weight excluding hydrogens is 298 g/mol. The predicted molar refractivity (Wildman–Crippen MR) is 66.1 cm³/mol. The quantitative estimate of drug-likeness (QED) is 0.615. The molecule has 8 nitrogen and oxygen atoms in total. The third-order valence-corrected chi connectivity index (χ3v) is 4.00. The van der Waals surface area contributed by atoms with E-state index in [9.17, 15) is 9.59 Å². The number of rotatable bonds is 5. The van der Waals surface area contributed by atoms with Crippen molar-refractivity contribution in [1.29, 1.82) is 0 Å². The first-order chi connectivity index (χ1) is 8.65. The summed E-state index contributed by atoms with van der Waals surface area (Å²) in [6, 6.07) is 0. The Balaban J connectivity index is 1.94. The maximum atomic E-state index is 11.6. The van der Waals surface area contributed by atoms with Gasteiger partial charge in [0.05, 0.1) is 5.75 Å². The summed E-state index contributed by atoms with van der Waals surface area (Å²) in [6.45, 7) is 0. The van der Waals surface area contributed by atoms with Crippen LogP contribution in [0.5, 0.6) is 0 Å². The molecule has 0 saturated carbocycles. The van der Waals surface area contributed by atoms with Crippen LogP contribution in [-0.2, 0) is 4.79 Å². The minimum Gasteiger partial charge on any atom is -0.481 e.